The Balaban J connectivity index is 2.21. The van der Waals surface area contributed by atoms with Gasteiger partial charge in [0.1, 0.15) is 0 Å². The number of ether oxygens (including phenoxy) is 1. The van der Waals surface area contributed by atoms with Gasteiger partial charge in [0, 0.05) is 0 Å². The highest BCUT2D eigenvalue weighted by atomic mass is 28.2. The zero-order valence-electron chi connectivity index (χ0n) is 15.0. The van der Waals surface area contributed by atoms with Crippen LogP contribution in [0.15, 0.2) is 55.1 Å². The molecule has 2 rings (SSSR count). The fourth-order valence-corrected chi connectivity index (χ4v) is 4.59. The van der Waals surface area contributed by atoms with Crippen LogP contribution in [-0.4, -0.2) is 15.1 Å². The third kappa shape index (κ3) is 5.19. The third-order valence-corrected chi connectivity index (χ3v) is 5.77. The van der Waals surface area contributed by atoms with Crippen LogP contribution in [0.25, 0.3) is 5.57 Å². The number of hydrogen-bond donors (Lipinski definition) is 0. The molecule has 23 heavy (non-hydrogen) atoms. The molecule has 0 aliphatic heterocycles. The summed E-state index contributed by atoms with van der Waals surface area (Å²) in [4.78, 5) is 0. The number of rotatable bonds is 5. The first-order valence-electron chi connectivity index (χ1n) is 8.27. The molecule has 0 spiro atoms. The summed E-state index contributed by atoms with van der Waals surface area (Å²) in [5.74, 6) is 0. The maximum absolute atomic E-state index is 6.16. The van der Waals surface area contributed by atoms with Crippen molar-refractivity contribution in [3.63, 3.8) is 0 Å². The first kappa shape index (κ1) is 17.7. The van der Waals surface area contributed by atoms with Gasteiger partial charge in [-0.05, 0) is 45.7 Å². The molecule has 0 aliphatic carbocycles. The molecule has 0 fully saturated rings. The van der Waals surface area contributed by atoms with E-state index in [1.807, 2.05) is 6.92 Å². The van der Waals surface area contributed by atoms with Crippen molar-refractivity contribution in [1.82, 2.24) is 0 Å². The van der Waals surface area contributed by atoms with Crippen molar-refractivity contribution in [2.24, 2.45) is 0 Å². The van der Waals surface area contributed by atoms with E-state index in [9.17, 15) is 0 Å². The van der Waals surface area contributed by atoms with Crippen LogP contribution in [-0.2, 0) is 4.74 Å². The van der Waals surface area contributed by atoms with Crippen LogP contribution < -0.4 is 10.4 Å². The van der Waals surface area contributed by atoms with Gasteiger partial charge < -0.3 is 4.74 Å². The second-order valence-corrected chi connectivity index (χ2v) is 9.16. The van der Waals surface area contributed by atoms with Crippen LogP contribution in [0.2, 0.25) is 0 Å². The van der Waals surface area contributed by atoms with Crippen LogP contribution in [0.4, 0.5) is 0 Å². The van der Waals surface area contributed by atoms with Gasteiger partial charge in [0.2, 0.25) is 0 Å². The zero-order chi connectivity index (χ0) is 17.0. The smallest absolute Gasteiger partial charge is 0.0880 e. The van der Waals surface area contributed by atoms with Crippen molar-refractivity contribution >= 4 is 25.5 Å². The maximum Gasteiger partial charge on any atom is 0.0880 e. The van der Waals surface area contributed by atoms with E-state index in [1.165, 1.54) is 21.5 Å². The van der Waals surface area contributed by atoms with E-state index in [0.717, 1.165) is 5.57 Å². The SMILES string of the molecule is C=C(C)c1ccc([SiH2]c2ccccc2C(C)OC(C)(C)C)cc1. The van der Waals surface area contributed by atoms with E-state index in [-0.39, 0.29) is 11.7 Å². The number of hydrogen-bond acceptors (Lipinski definition) is 1. The van der Waals surface area contributed by atoms with Gasteiger partial charge in [-0.3, -0.25) is 0 Å². The van der Waals surface area contributed by atoms with Gasteiger partial charge >= 0.3 is 0 Å². The minimum absolute atomic E-state index is 0.119. The summed E-state index contributed by atoms with van der Waals surface area (Å²) >= 11 is 0. The highest BCUT2D eigenvalue weighted by molar-refractivity contribution is 6.67. The normalized spacial score (nSPS) is 13.4. The molecule has 2 aromatic carbocycles. The molecule has 0 heterocycles. The minimum Gasteiger partial charge on any atom is -0.368 e. The third-order valence-electron chi connectivity index (χ3n) is 3.86. The molecule has 0 amide bonds. The number of allylic oxidation sites excluding steroid dienone is 1. The van der Waals surface area contributed by atoms with Crippen LogP contribution in [0.1, 0.15) is 51.8 Å². The van der Waals surface area contributed by atoms with E-state index < -0.39 is 9.52 Å². The maximum atomic E-state index is 6.16. The Morgan fingerprint density at radius 1 is 1.04 bits per heavy atom. The molecule has 2 heteroatoms. The molecule has 0 aliphatic rings. The Morgan fingerprint density at radius 3 is 2.22 bits per heavy atom. The molecule has 122 valence electrons. The Morgan fingerprint density at radius 2 is 1.65 bits per heavy atom. The summed E-state index contributed by atoms with van der Waals surface area (Å²) < 4.78 is 6.16. The van der Waals surface area contributed by atoms with Crippen LogP contribution >= 0.6 is 0 Å². The van der Waals surface area contributed by atoms with E-state index in [2.05, 4.69) is 82.8 Å². The highest BCUT2D eigenvalue weighted by Gasteiger charge is 2.18. The summed E-state index contributed by atoms with van der Waals surface area (Å²) in [5, 5.41) is 2.91. The van der Waals surface area contributed by atoms with Crippen LogP contribution in [0, 0.1) is 0 Å². The summed E-state index contributed by atoms with van der Waals surface area (Å²) in [6.45, 7) is 14.5. The van der Waals surface area contributed by atoms with Crippen LogP contribution in [0.3, 0.4) is 0 Å². The highest BCUT2D eigenvalue weighted by Crippen LogP contribution is 2.22. The topological polar surface area (TPSA) is 9.23 Å². The molecular formula is C21H28OSi. The predicted molar refractivity (Wildman–Crippen MR) is 105 cm³/mol. The van der Waals surface area contributed by atoms with Gasteiger partial charge in [-0.15, -0.1) is 0 Å². The quantitative estimate of drug-likeness (QED) is 0.762. The van der Waals surface area contributed by atoms with Gasteiger partial charge in [-0.25, -0.2) is 0 Å². The lowest BCUT2D eigenvalue weighted by atomic mass is 10.1. The van der Waals surface area contributed by atoms with E-state index >= 15 is 0 Å². The minimum atomic E-state index is -0.509. The standard InChI is InChI=1S/C21H28OSi/c1-15(2)17-11-13-18(14-12-17)23-20-10-8-7-9-19(20)16(3)22-21(4,5)6/h7-14,16H,1,23H2,2-6H3. The summed E-state index contributed by atoms with van der Waals surface area (Å²) in [7, 11) is -0.509. The van der Waals surface area contributed by atoms with Crippen molar-refractivity contribution in [1.29, 1.82) is 0 Å². The van der Waals surface area contributed by atoms with E-state index in [4.69, 9.17) is 4.74 Å². The molecule has 0 aromatic heterocycles. The summed E-state index contributed by atoms with van der Waals surface area (Å²) in [6.07, 6.45) is 0.119. The molecule has 0 N–H and O–H groups in total. The van der Waals surface area contributed by atoms with Crippen LogP contribution in [0.5, 0.6) is 0 Å². The molecule has 1 nitrogen and oxygen atoms in total. The zero-order valence-corrected chi connectivity index (χ0v) is 16.4. The predicted octanol–water partition coefficient (Wildman–Crippen LogP) is 3.72. The lowest BCUT2D eigenvalue weighted by Gasteiger charge is -2.26. The second kappa shape index (κ2) is 7.29. The molecule has 0 saturated heterocycles. The summed E-state index contributed by atoms with van der Waals surface area (Å²) in [5.41, 5.74) is 3.54. The Kier molecular flexibility index (Phi) is 5.61. The number of benzene rings is 2. The van der Waals surface area contributed by atoms with E-state index in [0.29, 0.717) is 0 Å². The Labute approximate surface area is 143 Å². The Bertz CT molecular complexity index is 665. The molecule has 0 radical (unpaired) electrons. The molecule has 2 aromatic rings. The van der Waals surface area contributed by atoms with Crippen molar-refractivity contribution in [2.45, 2.75) is 46.3 Å². The first-order chi connectivity index (χ1) is 10.8. The fourth-order valence-electron chi connectivity index (χ4n) is 2.81. The second-order valence-electron chi connectivity index (χ2n) is 7.23. The molecule has 1 unspecified atom stereocenters. The van der Waals surface area contributed by atoms with Gasteiger partial charge in [0.15, 0.2) is 0 Å². The largest absolute Gasteiger partial charge is 0.368 e. The average molecular weight is 325 g/mol. The van der Waals surface area contributed by atoms with Gasteiger partial charge in [-0.2, -0.15) is 0 Å². The van der Waals surface area contributed by atoms with E-state index in [1.54, 1.807) is 0 Å². The fraction of sp³-hybridized carbons (Fsp3) is 0.333. The lowest BCUT2D eigenvalue weighted by molar-refractivity contribution is -0.0525. The molecular weight excluding hydrogens is 296 g/mol. The monoisotopic (exact) mass is 324 g/mol. The van der Waals surface area contributed by atoms with Crippen molar-refractivity contribution in [3.8, 4) is 0 Å². The van der Waals surface area contributed by atoms with Crippen molar-refractivity contribution < 1.29 is 4.74 Å². The summed E-state index contributed by atoms with van der Waals surface area (Å²) in [6, 6.07) is 17.6. The van der Waals surface area contributed by atoms with Crippen molar-refractivity contribution in [3.05, 3.63) is 66.2 Å². The lowest BCUT2D eigenvalue weighted by Crippen LogP contribution is -2.32. The van der Waals surface area contributed by atoms with Gasteiger partial charge in [-0.1, -0.05) is 71.1 Å². The average Bonchev–Trinajstić information content (AvgIpc) is 2.46. The van der Waals surface area contributed by atoms with Gasteiger partial charge in [0.25, 0.3) is 0 Å². The molecule has 0 saturated carbocycles. The molecule has 0 bridgehead atoms. The van der Waals surface area contributed by atoms with Crippen molar-refractivity contribution in [2.75, 3.05) is 0 Å². The molecule has 1 atom stereocenters. The Hall–Kier alpha value is -1.64. The van der Waals surface area contributed by atoms with Gasteiger partial charge in [0.05, 0.1) is 21.2 Å². The first-order valence-corrected chi connectivity index (χ1v) is 9.68.